The Morgan fingerprint density at radius 2 is 2.06 bits per heavy atom. The molecule has 0 aliphatic rings. The van der Waals surface area contributed by atoms with Gasteiger partial charge in [-0.1, -0.05) is 15.9 Å². The molecule has 5 heteroatoms. The number of hydrogen-bond acceptors (Lipinski definition) is 4. The van der Waals surface area contributed by atoms with E-state index in [1.54, 1.807) is 6.07 Å². The Bertz CT molecular complexity index is 772. The third-order valence-electron chi connectivity index (χ3n) is 2.62. The van der Waals surface area contributed by atoms with Gasteiger partial charge in [0.15, 0.2) is 5.58 Å². The van der Waals surface area contributed by atoms with Crippen LogP contribution < -0.4 is 5.63 Å². The number of halogens is 1. The number of rotatable bonds is 1. The van der Waals surface area contributed by atoms with E-state index in [1.807, 2.05) is 13.0 Å². The summed E-state index contributed by atoms with van der Waals surface area (Å²) in [7, 11) is 0. The van der Waals surface area contributed by atoms with Gasteiger partial charge in [0.25, 0.3) is 0 Å². The molecule has 3 rings (SSSR count). The lowest BCUT2D eigenvalue weighted by Gasteiger charge is -1.98. The molecule has 1 aromatic carbocycles. The first kappa shape index (κ1) is 10.5. The van der Waals surface area contributed by atoms with Crippen LogP contribution in [0.1, 0.15) is 11.5 Å². The van der Waals surface area contributed by atoms with Gasteiger partial charge in [-0.15, -0.1) is 0 Å². The minimum absolute atomic E-state index is 0.352. The zero-order valence-electron chi connectivity index (χ0n) is 8.99. The molecular weight excluding hydrogens is 286 g/mol. The molecule has 17 heavy (non-hydrogen) atoms. The lowest BCUT2D eigenvalue weighted by Crippen LogP contribution is -1.97. The molecule has 0 fully saturated rings. The molecule has 2 heterocycles. The van der Waals surface area contributed by atoms with Crippen LogP contribution in [0.4, 0.5) is 0 Å². The molecule has 0 unspecified atom stereocenters. The maximum atomic E-state index is 11.3. The van der Waals surface area contributed by atoms with E-state index in [-0.39, 0.29) is 5.63 Å². The average Bonchev–Trinajstić information content (AvgIpc) is 2.68. The second kappa shape index (κ2) is 3.70. The number of aryl methyl sites for hydroxylation is 1. The number of alkyl halides is 1. The Hall–Kier alpha value is -1.62. The van der Waals surface area contributed by atoms with Crippen molar-refractivity contribution in [2.24, 2.45) is 0 Å². The number of aromatic nitrogens is 1. The normalized spacial score (nSPS) is 11.4. The second-order valence-corrected chi connectivity index (χ2v) is 4.37. The summed E-state index contributed by atoms with van der Waals surface area (Å²) in [6.07, 6.45) is 0. The van der Waals surface area contributed by atoms with Gasteiger partial charge in [-0.25, -0.2) is 9.78 Å². The standard InChI is InChI=1S/C12H8BrNO3/c1-6-2-12(15)17-9-4-10-8(3-7(6)9)14-11(5-13)16-10/h2-4H,5H2,1H3. The number of nitrogens with zero attached hydrogens (tertiary/aromatic N) is 1. The van der Waals surface area contributed by atoms with Crippen LogP contribution in [-0.4, -0.2) is 4.98 Å². The van der Waals surface area contributed by atoms with Crippen molar-refractivity contribution in [3.63, 3.8) is 0 Å². The van der Waals surface area contributed by atoms with Gasteiger partial charge in [0.2, 0.25) is 5.89 Å². The van der Waals surface area contributed by atoms with E-state index in [4.69, 9.17) is 8.83 Å². The quantitative estimate of drug-likeness (QED) is 0.511. The molecule has 0 aliphatic carbocycles. The van der Waals surface area contributed by atoms with Crippen LogP contribution in [0.25, 0.3) is 22.1 Å². The minimum Gasteiger partial charge on any atom is -0.440 e. The Balaban J connectivity index is 2.45. The predicted molar refractivity (Wildman–Crippen MR) is 67.4 cm³/mol. The molecular formula is C12H8BrNO3. The molecule has 2 aromatic heterocycles. The highest BCUT2D eigenvalue weighted by atomic mass is 79.9. The van der Waals surface area contributed by atoms with Gasteiger partial charge in [-0.3, -0.25) is 0 Å². The Labute approximate surface area is 104 Å². The predicted octanol–water partition coefficient (Wildman–Crippen LogP) is 3.14. The lowest BCUT2D eigenvalue weighted by atomic mass is 10.1. The van der Waals surface area contributed by atoms with Crippen molar-refractivity contribution in [3.05, 3.63) is 40.1 Å². The maximum Gasteiger partial charge on any atom is 0.336 e. The third-order valence-corrected chi connectivity index (χ3v) is 3.10. The molecule has 0 spiro atoms. The van der Waals surface area contributed by atoms with Crippen molar-refractivity contribution in [3.8, 4) is 0 Å². The SMILES string of the molecule is Cc1cc(=O)oc2cc3oc(CBr)nc3cc12. The van der Waals surface area contributed by atoms with Gasteiger partial charge >= 0.3 is 5.63 Å². The monoisotopic (exact) mass is 293 g/mol. The van der Waals surface area contributed by atoms with Crippen molar-refractivity contribution >= 4 is 38.0 Å². The molecule has 0 atom stereocenters. The summed E-state index contributed by atoms with van der Waals surface area (Å²) in [5.74, 6) is 0.607. The van der Waals surface area contributed by atoms with Crippen LogP contribution in [0.5, 0.6) is 0 Å². The van der Waals surface area contributed by atoms with E-state index in [9.17, 15) is 4.79 Å². The van der Waals surface area contributed by atoms with E-state index in [0.29, 0.717) is 22.4 Å². The summed E-state index contributed by atoms with van der Waals surface area (Å²) in [5.41, 5.74) is 2.44. The first-order valence-electron chi connectivity index (χ1n) is 5.07. The van der Waals surface area contributed by atoms with Crippen molar-refractivity contribution in [1.29, 1.82) is 0 Å². The van der Waals surface area contributed by atoms with Crippen molar-refractivity contribution in [2.75, 3.05) is 0 Å². The summed E-state index contributed by atoms with van der Waals surface area (Å²) in [4.78, 5) is 15.6. The van der Waals surface area contributed by atoms with Crippen molar-refractivity contribution in [2.45, 2.75) is 12.3 Å². The summed E-state index contributed by atoms with van der Waals surface area (Å²) >= 11 is 3.29. The molecule has 0 saturated heterocycles. The summed E-state index contributed by atoms with van der Waals surface area (Å²) < 4.78 is 10.6. The van der Waals surface area contributed by atoms with Gasteiger partial charge in [0.05, 0.1) is 5.33 Å². The largest absolute Gasteiger partial charge is 0.440 e. The number of oxazole rings is 1. The zero-order valence-corrected chi connectivity index (χ0v) is 10.6. The molecule has 0 aliphatic heterocycles. The zero-order chi connectivity index (χ0) is 12.0. The average molecular weight is 294 g/mol. The highest BCUT2D eigenvalue weighted by Gasteiger charge is 2.09. The molecule has 0 amide bonds. The fraction of sp³-hybridized carbons (Fsp3) is 0.167. The van der Waals surface area contributed by atoms with Gasteiger partial charge < -0.3 is 8.83 Å². The van der Waals surface area contributed by atoms with Gasteiger partial charge in [-0.2, -0.15) is 0 Å². The van der Waals surface area contributed by atoms with Gasteiger partial charge in [-0.05, 0) is 18.6 Å². The van der Waals surface area contributed by atoms with Crippen LogP contribution in [0.3, 0.4) is 0 Å². The first-order chi connectivity index (χ1) is 8.17. The number of fused-ring (bicyclic) bond motifs is 2. The smallest absolute Gasteiger partial charge is 0.336 e. The van der Waals surface area contributed by atoms with E-state index < -0.39 is 0 Å². The second-order valence-electron chi connectivity index (χ2n) is 3.81. The topological polar surface area (TPSA) is 56.2 Å². The van der Waals surface area contributed by atoms with Gasteiger partial charge in [0, 0.05) is 17.5 Å². The fourth-order valence-electron chi connectivity index (χ4n) is 1.85. The summed E-state index contributed by atoms with van der Waals surface area (Å²) in [5, 5.41) is 1.44. The van der Waals surface area contributed by atoms with Gasteiger partial charge in [0.1, 0.15) is 11.1 Å². The molecule has 0 saturated carbocycles. The molecule has 0 bridgehead atoms. The van der Waals surface area contributed by atoms with E-state index in [2.05, 4.69) is 20.9 Å². The lowest BCUT2D eigenvalue weighted by molar-refractivity contribution is 0.549. The van der Waals surface area contributed by atoms with E-state index in [0.717, 1.165) is 16.5 Å². The van der Waals surface area contributed by atoms with E-state index in [1.165, 1.54) is 6.07 Å². The Morgan fingerprint density at radius 1 is 1.24 bits per heavy atom. The van der Waals surface area contributed by atoms with Crippen LogP contribution in [0.2, 0.25) is 0 Å². The molecule has 0 N–H and O–H groups in total. The van der Waals surface area contributed by atoms with Crippen LogP contribution in [-0.2, 0) is 5.33 Å². The maximum absolute atomic E-state index is 11.3. The summed E-state index contributed by atoms with van der Waals surface area (Å²) in [6.45, 7) is 1.87. The fourth-order valence-corrected chi connectivity index (χ4v) is 2.08. The van der Waals surface area contributed by atoms with E-state index >= 15 is 0 Å². The molecule has 0 radical (unpaired) electrons. The minimum atomic E-state index is -0.352. The van der Waals surface area contributed by atoms with Crippen molar-refractivity contribution in [1.82, 2.24) is 4.98 Å². The molecule has 3 aromatic rings. The first-order valence-corrected chi connectivity index (χ1v) is 6.19. The highest BCUT2D eigenvalue weighted by Crippen LogP contribution is 2.25. The Kier molecular flexibility index (Phi) is 2.29. The highest BCUT2D eigenvalue weighted by molar-refractivity contribution is 9.08. The number of benzene rings is 1. The van der Waals surface area contributed by atoms with Crippen LogP contribution in [0, 0.1) is 6.92 Å². The van der Waals surface area contributed by atoms with Crippen LogP contribution >= 0.6 is 15.9 Å². The summed E-state index contributed by atoms with van der Waals surface area (Å²) in [6, 6.07) is 5.05. The molecule has 4 nitrogen and oxygen atoms in total. The van der Waals surface area contributed by atoms with Crippen LogP contribution in [0.15, 0.2) is 31.8 Å². The molecule has 86 valence electrons. The Morgan fingerprint density at radius 3 is 2.82 bits per heavy atom. The third kappa shape index (κ3) is 1.67. The number of hydrogen-bond donors (Lipinski definition) is 0. The van der Waals surface area contributed by atoms with Crippen molar-refractivity contribution < 1.29 is 8.83 Å².